The van der Waals surface area contributed by atoms with Gasteiger partial charge >= 0.3 is 6.18 Å². The third kappa shape index (κ3) is 3.07. The number of amides is 1. The number of aromatic nitrogens is 2. The van der Waals surface area contributed by atoms with Crippen LogP contribution in [0.3, 0.4) is 0 Å². The second-order valence-corrected chi connectivity index (χ2v) is 5.44. The number of anilines is 1. The van der Waals surface area contributed by atoms with Crippen LogP contribution >= 0.6 is 0 Å². The fourth-order valence-corrected chi connectivity index (χ4v) is 2.66. The number of nitrogens with zero attached hydrogens (tertiary/aromatic N) is 1. The molecule has 8 heteroatoms. The zero-order valence-electron chi connectivity index (χ0n) is 12.3. The van der Waals surface area contributed by atoms with Gasteiger partial charge in [-0.25, -0.2) is 0 Å². The topological polar surface area (TPSA) is 69.8 Å². The second-order valence-electron chi connectivity index (χ2n) is 5.44. The number of H-pyrrole nitrogens is 1. The summed E-state index contributed by atoms with van der Waals surface area (Å²) in [6.45, 7) is 2.72. The number of benzene rings is 1. The highest BCUT2D eigenvalue weighted by Gasteiger charge is 2.32. The Labute approximate surface area is 130 Å². The Kier molecular flexibility index (Phi) is 3.85. The molecule has 1 aliphatic rings. The number of aromatic amines is 1. The van der Waals surface area contributed by atoms with Gasteiger partial charge in [0.2, 0.25) is 0 Å². The summed E-state index contributed by atoms with van der Waals surface area (Å²) < 4.78 is 38.2. The van der Waals surface area contributed by atoms with Crippen molar-refractivity contribution in [3.63, 3.8) is 0 Å². The Balaban J connectivity index is 1.81. The highest BCUT2D eigenvalue weighted by Crippen LogP contribution is 2.33. The summed E-state index contributed by atoms with van der Waals surface area (Å²) in [5, 5.41) is 12.6. The predicted molar refractivity (Wildman–Crippen MR) is 78.1 cm³/mol. The number of fused-ring (bicyclic) bond motifs is 1. The van der Waals surface area contributed by atoms with Crippen molar-refractivity contribution in [2.45, 2.75) is 26.1 Å². The molecule has 1 aliphatic heterocycles. The zero-order chi connectivity index (χ0) is 16.6. The number of hydrogen-bond acceptors (Lipinski definition) is 3. The van der Waals surface area contributed by atoms with Gasteiger partial charge in [-0.05, 0) is 30.7 Å². The van der Waals surface area contributed by atoms with E-state index in [-0.39, 0.29) is 11.3 Å². The summed E-state index contributed by atoms with van der Waals surface area (Å²) in [6.07, 6.45) is -3.64. The van der Waals surface area contributed by atoms with Crippen LogP contribution in [-0.4, -0.2) is 22.6 Å². The fraction of sp³-hybridized carbons (Fsp3) is 0.333. The Morgan fingerprint density at radius 2 is 2.13 bits per heavy atom. The SMILES string of the molecule is Cc1cc(NC(=O)c2n[nH]c3c2CNCC3)ccc1C(F)(F)F. The molecule has 3 N–H and O–H groups in total. The molecule has 0 spiro atoms. The van der Waals surface area contributed by atoms with E-state index in [1.807, 2.05) is 0 Å². The van der Waals surface area contributed by atoms with Gasteiger partial charge in [-0.2, -0.15) is 18.3 Å². The molecule has 1 aromatic carbocycles. The minimum Gasteiger partial charge on any atom is -0.321 e. The summed E-state index contributed by atoms with van der Waals surface area (Å²) in [5.74, 6) is -0.439. The van der Waals surface area contributed by atoms with E-state index in [0.717, 1.165) is 30.3 Å². The first-order valence-corrected chi connectivity index (χ1v) is 7.12. The normalized spacial score (nSPS) is 14.4. The second kappa shape index (κ2) is 5.69. The van der Waals surface area contributed by atoms with Crippen LogP contribution in [0.15, 0.2) is 18.2 Å². The molecular weight excluding hydrogens is 309 g/mol. The maximum Gasteiger partial charge on any atom is 0.416 e. The summed E-state index contributed by atoms with van der Waals surface area (Å²) >= 11 is 0. The first kappa shape index (κ1) is 15.5. The fourth-order valence-electron chi connectivity index (χ4n) is 2.66. The molecule has 0 saturated carbocycles. The number of nitrogens with one attached hydrogen (secondary N) is 3. The van der Waals surface area contributed by atoms with Gasteiger partial charge in [0.15, 0.2) is 5.69 Å². The van der Waals surface area contributed by atoms with Crippen molar-refractivity contribution in [3.8, 4) is 0 Å². The van der Waals surface area contributed by atoms with Crippen LogP contribution in [0.5, 0.6) is 0 Å². The van der Waals surface area contributed by atoms with Gasteiger partial charge in [0.05, 0.1) is 5.56 Å². The van der Waals surface area contributed by atoms with Gasteiger partial charge in [-0.1, -0.05) is 0 Å². The van der Waals surface area contributed by atoms with E-state index in [1.54, 1.807) is 0 Å². The van der Waals surface area contributed by atoms with Crippen molar-refractivity contribution in [2.24, 2.45) is 0 Å². The Hall–Kier alpha value is -2.35. The maximum absolute atomic E-state index is 12.7. The van der Waals surface area contributed by atoms with Crippen molar-refractivity contribution in [2.75, 3.05) is 11.9 Å². The Morgan fingerprint density at radius 3 is 2.83 bits per heavy atom. The van der Waals surface area contributed by atoms with Gasteiger partial charge in [0, 0.05) is 36.5 Å². The van der Waals surface area contributed by atoms with Crippen LogP contribution < -0.4 is 10.6 Å². The molecule has 3 rings (SSSR count). The van der Waals surface area contributed by atoms with Crippen molar-refractivity contribution < 1.29 is 18.0 Å². The third-order valence-electron chi connectivity index (χ3n) is 3.81. The number of hydrogen-bond donors (Lipinski definition) is 3. The first-order valence-electron chi connectivity index (χ1n) is 7.12. The van der Waals surface area contributed by atoms with Gasteiger partial charge in [-0.3, -0.25) is 9.89 Å². The Bertz CT molecular complexity index is 752. The highest BCUT2D eigenvalue weighted by molar-refractivity contribution is 6.04. The summed E-state index contributed by atoms with van der Waals surface area (Å²) in [7, 11) is 0. The van der Waals surface area contributed by atoms with E-state index >= 15 is 0 Å². The predicted octanol–water partition coefficient (Wildman–Crippen LogP) is 2.63. The number of aryl methyl sites for hydroxylation is 1. The smallest absolute Gasteiger partial charge is 0.321 e. The molecule has 0 unspecified atom stereocenters. The van der Waals surface area contributed by atoms with Crippen molar-refractivity contribution >= 4 is 11.6 Å². The molecular formula is C15H15F3N4O. The number of carbonyl (C=O) groups excluding carboxylic acids is 1. The van der Waals surface area contributed by atoms with Gasteiger partial charge in [0.25, 0.3) is 5.91 Å². The van der Waals surface area contributed by atoms with Crippen LogP contribution in [0.1, 0.15) is 32.9 Å². The number of rotatable bonds is 2. The molecule has 0 bridgehead atoms. The van der Waals surface area contributed by atoms with Gasteiger partial charge in [0.1, 0.15) is 0 Å². The lowest BCUT2D eigenvalue weighted by atomic mass is 10.1. The largest absolute Gasteiger partial charge is 0.416 e. The maximum atomic E-state index is 12.7. The van der Waals surface area contributed by atoms with Crippen molar-refractivity contribution in [1.29, 1.82) is 0 Å². The lowest BCUT2D eigenvalue weighted by molar-refractivity contribution is -0.138. The number of carbonyl (C=O) groups is 1. The van der Waals surface area contributed by atoms with Gasteiger partial charge < -0.3 is 10.6 Å². The summed E-state index contributed by atoms with van der Waals surface area (Å²) in [4.78, 5) is 12.3. The lowest BCUT2D eigenvalue weighted by Crippen LogP contribution is -2.25. The molecule has 5 nitrogen and oxygen atoms in total. The van der Waals surface area contributed by atoms with E-state index in [1.165, 1.54) is 19.1 Å². The zero-order valence-corrected chi connectivity index (χ0v) is 12.3. The van der Waals surface area contributed by atoms with E-state index in [0.29, 0.717) is 12.2 Å². The van der Waals surface area contributed by atoms with E-state index in [9.17, 15) is 18.0 Å². The van der Waals surface area contributed by atoms with Crippen LogP contribution in [0.25, 0.3) is 0 Å². The average molecular weight is 324 g/mol. The molecule has 1 amide bonds. The molecule has 0 aliphatic carbocycles. The molecule has 0 saturated heterocycles. The van der Waals surface area contributed by atoms with Crippen LogP contribution in [0, 0.1) is 6.92 Å². The molecule has 23 heavy (non-hydrogen) atoms. The van der Waals surface area contributed by atoms with E-state index in [4.69, 9.17) is 0 Å². The van der Waals surface area contributed by atoms with Crippen LogP contribution in [-0.2, 0) is 19.1 Å². The molecule has 0 fully saturated rings. The van der Waals surface area contributed by atoms with E-state index < -0.39 is 17.6 Å². The minimum absolute atomic E-state index is 0.0565. The molecule has 2 heterocycles. The molecule has 0 radical (unpaired) electrons. The first-order chi connectivity index (χ1) is 10.9. The van der Waals surface area contributed by atoms with Gasteiger partial charge in [-0.15, -0.1) is 0 Å². The average Bonchev–Trinajstić information content (AvgIpc) is 2.90. The molecule has 1 aromatic heterocycles. The summed E-state index contributed by atoms with van der Waals surface area (Å²) in [6, 6.07) is 3.51. The molecule has 122 valence electrons. The highest BCUT2D eigenvalue weighted by atomic mass is 19.4. The quantitative estimate of drug-likeness (QED) is 0.795. The van der Waals surface area contributed by atoms with Crippen molar-refractivity contribution in [3.05, 3.63) is 46.3 Å². The van der Waals surface area contributed by atoms with Crippen molar-refractivity contribution in [1.82, 2.24) is 15.5 Å². The standard InChI is InChI=1S/C15H15F3N4O/c1-8-6-9(2-3-11(8)15(16,17)18)20-14(23)13-10-7-19-5-4-12(10)21-22-13/h2-3,6,19H,4-5,7H2,1H3,(H,20,23)(H,21,22). The van der Waals surface area contributed by atoms with Crippen LogP contribution in [0.4, 0.5) is 18.9 Å². The number of alkyl halides is 3. The lowest BCUT2D eigenvalue weighted by Gasteiger charge is -2.14. The third-order valence-corrected chi connectivity index (χ3v) is 3.81. The van der Waals surface area contributed by atoms with E-state index in [2.05, 4.69) is 20.8 Å². The van der Waals surface area contributed by atoms with Crippen LogP contribution in [0.2, 0.25) is 0 Å². The number of halogens is 3. The molecule has 0 atom stereocenters. The minimum atomic E-state index is -4.40. The monoisotopic (exact) mass is 324 g/mol. The Morgan fingerprint density at radius 1 is 1.35 bits per heavy atom. The molecule has 2 aromatic rings. The summed E-state index contributed by atoms with van der Waals surface area (Å²) in [5.41, 5.74) is 1.64.